The summed E-state index contributed by atoms with van der Waals surface area (Å²) in [6.07, 6.45) is 2.73. The van der Waals surface area contributed by atoms with Crippen molar-refractivity contribution in [1.29, 1.82) is 0 Å². The molecule has 0 spiro atoms. The molecule has 8 heteroatoms. The lowest BCUT2D eigenvalue weighted by Crippen LogP contribution is -2.47. The van der Waals surface area contributed by atoms with Crippen molar-refractivity contribution in [2.24, 2.45) is 5.41 Å². The van der Waals surface area contributed by atoms with E-state index in [1.165, 1.54) is 27.8 Å². The third-order valence-corrected chi connectivity index (χ3v) is 7.42. The van der Waals surface area contributed by atoms with Crippen molar-refractivity contribution >= 4 is 21.5 Å². The first-order valence-electron chi connectivity index (χ1n) is 12.3. The Balaban J connectivity index is 1.64. The standard InChI is InChI=1S/C28H36N2O5S/c1-19-6-8-23-22(14-19)17-35-25-9-7-20(16-34-4)15-24(25)26(23)21-10-12-30(13-11-21)18-28(2,3)27(31)29-36(5,32)33/h6-9,14-15H,10-13,16-18H2,1-5H3,(H,29,31). The van der Waals surface area contributed by atoms with Gasteiger partial charge in [-0.05, 0) is 68.0 Å². The van der Waals surface area contributed by atoms with Crippen LogP contribution in [-0.2, 0) is 32.8 Å². The number of likely N-dealkylation sites (tertiary alicyclic amines) is 1. The maximum absolute atomic E-state index is 12.5. The molecule has 0 radical (unpaired) electrons. The molecule has 4 rings (SSSR count). The van der Waals surface area contributed by atoms with E-state index in [0.717, 1.165) is 49.1 Å². The van der Waals surface area contributed by atoms with Gasteiger partial charge >= 0.3 is 0 Å². The highest BCUT2D eigenvalue weighted by atomic mass is 32.2. The Kier molecular flexibility index (Phi) is 7.59. The number of ether oxygens (including phenoxy) is 2. The summed E-state index contributed by atoms with van der Waals surface area (Å²) in [6, 6.07) is 12.8. The molecule has 2 aliphatic rings. The minimum atomic E-state index is -3.59. The number of hydrogen-bond acceptors (Lipinski definition) is 6. The fraction of sp³-hybridized carbons (Fsp3) is 0.464. The monoisotopic (exact) mass is 512 g/mol. The lowest BCUT2D eigenvalue weighted by molar-refractivity contribution is -0.128. The first kappa shape index (κ1) is 26.4. The van der Waals surface area contributed by atoms with Crippen LogP contribution in [0.1, 0.15) is 54.5 Å². The lowest BCUT2D eigenvalue weighted by atomic mass is 9.85. The number of rotatable bonds is 6. The third kappa shape index (κ3) is 5.99. The predicted octanol–water partition coefficient (Wildman–Crippen LogP) is 4.03. The molecule has 0 atom stereocenters. The number of sulfonamides is 1. The van der Waals surface area contributed by atoms with Crippen molar-refractivity contribution in [3.05, 3.63) is 69.8 Å². The van der Waals surface area contributed by atoms with Crippen molar-refractivity contribution in [2.45, 2.75) is 46.8 Å². The normalized spacial score (nSPS) is 16.6. The molecule has 0 bridgehead atoms. The second-order valence-corrected chi connectivity index (χ2v) is 12.3. The first-order valence-corrected chi connectivity index (χ1v) is 14.2. The summed E-state index contributed by atoms with van der Waals surface area (Å²) in [5.74, 6) is 0.409. The Hall–Kier alpha value is -2.68. The Morgan fingerprint density at radius 1 is 1.11 bits per heavy atom. The Morgan fingerprint density at radius 3 is 2.50 bits per heavy atom. The number of nitrogens with one attached hydrogen (secondary N) is 1. The molecule has 7 nitrogen and oxygen atoms in total. The van der Waals surface area contributed by atoms with Crippen LogP contribution in [0.15, 0.2) is 42.0 Å². The molecule has 0 unspecified atom stereocenters. The highest BCUT2D eigenvalue weighted by Crippen LogP contribution is 2.42. The smallest absolute Gasteiger partial charge is 0.240 e. The molecule has 1 saturated heterocycles. The number of amides is 1. The molecule has 194 valence electrons. The zero-order valence-corrected chi connectivity index (χ0v) is 22.6. The average Bonchev–Trinajstić information content (AvgIpc) is 2.95. The first-order chi connectivity index (χ1) is 17.0. The number of benzene rings is 2. The second-order valence-electron chi connectivity index (χ2n) is 10.6. The van der Waals surface area contributed by atoms with Crippen LogP contribution in [0.5, 0.6) is 5.75 Å². The van der Waals surface area contributed by atoms with Gasteiger partial charge in [-0.3, -0.25) is 9.52 Å². The number of methoxy groups -OCH3 is 1. The van der Waals surface area contributed by atoms with Crippen LogP contribution in [0.2, 0.25) is 0 Å². The fourth-order valence-corrected chi connectivity index (χ4v) is 5.70. The zero-order valence-electron chi connectivity index (χ0n) is 21.8. The highest BCUT2D eigenvalue weighted by molar-refractivity contribution is 7.89. The Labute approximate surface area is 214 Å². The summed E-state index contributed by atoms with van der Waals surface area (Å²) < 4.78 is 36.9. The molecule has 1 fully saturated rings. The summed E-state index contributed by atoms with van der Waals surface area (Å²) in [6.45, 7) is 8.82. The molecule has 2 heterocycles. The van der Waals surface area contributed by atoms with Gasteiger partial charge in [-0.1, -0.05) is 35.4 Å². The van der Waals surface area contributed by atoms with Crippen LogP contribution in [0.3, 0.4) is 0 Å². The predicted molar refractivity (Wildman–Crippen MR) is 141 cm³/mol. The van der Waals surface area contributed by atoms with Gasteiger partial charge in [-0.25, -0.2) is 8.42 Å². The topological polar surface area (TPSA) is 84.9 Å². The molecule has 1 amide bonds. The van der Waals surface area contributed by atoms with Crippen LogP contribution < -0.4 is 9.46 Å². The summed E-state index contributed by atoms with van der Waals surface area (Å²) in [5.41, 5.74) is 7.59. The number of carbonyl (C=O) groups excluding carboxylic acids is 1. The van der Waals surface area contributed by atoms with Crippen LogP contribution >= 0.6 is 0 Å². The maximum atomic E-state index is 12.5. The minimum Gasteiger partial charge on any atom is -0.488 e. The largest absolute Gasteiger partial charge is 0.488 e. The molecule has 0 saturated carbocycles. The summed E-state index contributed by atoms with van der Waals surface area (Å²) in [4.78, 5) is 14.8. The van der Waals surface area contributed by atoms with Crippen LogP contribution in [0, 0.1) is 12.3 Å². The van der Waals surface area contributed by atoms with Gasteiger partial charge in [0.15, 0.2) is 0 Å². The molecule has 0 aromatic heterocycles. The van der Waals surface area contributed by atoms with E-state index in [1.807, 2.05) is 6.07 Å². The Morgan fingerprint density at radius 2 is 1.83 bits per heavy atom. The number of fused-ring (bicyclic) bond motifs is 2. The summed E-state index contributed by atoms with van der Waals surface area (Å²) >= 11 is 0. The molecule has 36 heavy (non-hydrogen) atoms. The number of piperidine rings is 1. The van der Waals surface area contributed by atoms with Crippen molar-refractivity contribution < 1.29 is 22.7 Å². The second kappa shape index (κ2) is 10.4. The average molecular weight is 513 g/mol. The molecular weight excluding hydrogens is 476 g/mol. The van der Waals surface area contributed by atoms with Crippen molar-refractivity contribution in [1.82, 2.24) is 9.62 Å². The number of hydrogen-bond donors (Lipinski definition) is 1. The van der Waals surface area contributed by atoms with E-state index < -0.39 is 21.3 Å². The van der Waals surface area contributed by atoms with E-state index in [9.17, 15) is 13.2 Å². The van der Waals surface area contributed by atoms with Gasteiger partial charge in [-0.15, -0.1) is 0 Å². The van der Waals surface area contributed by atoms with Gasteiger partial charge < -0.3 is 14.4 Å². The molecular formula is C28H36N2O5S. The quantitative estimate of drug-likeness (QED) is 0.629. The zero-order chi connectivity index (χ0) is 26.1. The molecule has 0 aliphatic carbocycles. The molecule has 1 N–H and O–H groups in total. The fourth-order valence-electron chi connectivity index (χ4n) is 5.09. The number of nitrogens with zero attached hydrogens (tertiary/aromatic N) is 1. The van der Waals surface area contributed by atoms with Crippen molar-refractivity contribution in [3.8, 4) is 5.75 Å². The van der Waals surface area contributed by atoms with Gasteiger partial charge in [0.2, 0.25) is 15.9 Å². The highest BCUT2D eigenvalue weighted by Gasteiger charge is 2.33. The molecule has 2 aliphatic heterocycles. The third-order valence-electron chi connectivity index (χ3n) is 6.86. The Bertz CT molecular complexity index is 1290. The van der Waals surface area contributed by atoms with Gasteiger partial charge in [0, 0.05) is 32.3 Å². The van der Waals surface area contributed by atoms with E-state index >= 15 is 0 Å². The van der Waals surface area contributed by atoms with Crippen LogP contribution in [0.25, 0.3) is 5.57 Å². The minimum absolute atomic E-state index is 0.473. The van der Waals surface area contributed by atoms with Gasteiger partial charge in [0.05, 0.1) is 18.3 Å². The number of aryl methyl sites for hydroxylation is 1. The summed E-state index contributed by atoms with van der Waals surface area (Å²) in [7, 11) is -1.89. The van der Waals surface area contributed by atoms with E-state index in [-0.39, 0.29) is 0 Å². The van der Waals surface area contributed by atoms with Gasteiger partial charge in [-0.2, -0.15) is 0 Å². The number of carbonyl (C=O) groups is 1. The maximum Gasteiger partial charge on any atom is 0.240 e. The van der Waals surface area contributed by atoms with Gasteiger partial charge in [0.1, 0.15) is 12.4 Å². The van der Waals surface area contributed by atoms with Crippen LogP contribution in [-0.4, -0.2) is 52.2 Å². The van der Waals surface area contributed by atoms with E-state index in [0.29, 0.717) is 19.8 Å². The van der Waals surface area contributed by atoms with E-state index in [1.54, 1.807) is 21.0 Å². The van der Waals surface area contributed by atoms with Crippen LogP contribution in [0.4, 0.5) is 0 Å². The molecule has 2 aromatic carbocycles. The van der Waals surface area contributed by atoms with E-state index in [4.69, 9.17) is 9.47 Å². The SMILES string of the molecule is COCc1ccc2c(c1)C(=C1CCN(CC(C)(C)C(=O)NS(C)(=O)=O)CC1)c1ccc(C)cc1CO2. The van der Waals surface area contributed by atoms with Crippen molar-refractivity contribution in [2.75, 3.05) is 33.0 Å². The lowest BCUT2D eigenvalue weighted by Gasteiger charge is -2.35. The van der Waals surface area contributed by atoms with Crippen molar-refractivity contribution in [3.63, 3.8) is 0 Å². The summed E-state index contributed by atoms with van der Waals surface area (Å²) in [5, 5.41) is 0. The molecule has 2 aromatic rings. The van der Waals surface area contributed by atoms with Gasteiger partial charge in [0.25, 0.3) is 0 Å². The van der Waals surface area contributed by atoms with E-state index in [2.05, 4.69) is 46.9 Å².